The summed E-state index contributed by atoms with van der Waals surface area (Å²) in [5, 5.41) is 0. The number of nitrogens with zero attached hydrogens (tertiary/aromatic N) is 4. The maximum atomic E-state index is 12.6. The van der Waals surface area contributed by atoms with Crippen LogP contribution in [0.4, 0.5) is 0 Å². The Balaban J connectivity index is 1.64. The minimum atomic E-state index is 0.185. The highest BCUT2D eigenvalue weighted by Crippen LogP contribution is 2.24. The van der Waals surface area contributed by atoms with Crippen LogP contribution < -0.4 is 0 Å². The molecule has 3 rings (SSSR count). The Labute approximate surface area is 143 Å². The number of imidazole rings is 1. The maximum absolute atomic E-state index is 12.6. The molecule has 0 N–H and O–H groups in total. The number of likely N-dealkylation sites (N-methyl/N-ethyl adjacent to an activating group) is 1. The molecular formula is C19H26N4O. The Hall–Kier alpha value is -2.14. The molecule has 1 aliphatic heterocycles. The number of piperazine rings is 1. The Bertz CT molecular complexity index is 667. The van der Waals surface area contributed by atoms with Crippen molar-refractivity contribution in [3.05, 3.63) is 54.1 Å². The first-order valence-electron chi connectivity index (χ1n) is 8.72. The molecule has 0 saturated carbocycles. The zero-order valence-electron chi connectivity index (χ0n) is 14.6. The topological polar surface area (TPSA) is 41.4 Å². The molecule has 2 heterocycles. The van der Waals surface area contributed by atoms with E-state index in [9.17, 15) is 4.79 Å². The van der Waals surface area contributed by atoms with E-state index in [-0.39, 0.29) is 11.9 Å². The zero-order valence-corrected chi connectivity index (χ0v) is 14.6. The monoisotopic (exact) mass is 326 g/mol. The van der Waals surface area contributed by atoms with Crippen molar-refractivity contribution in [1.29, 1.82) is 0 Å². The molecule has 1 saturated heterocycles. The van der Waals surface area contributed by atoms with Crippen molar-refractivity contribution in [3.8, 4) is 0 Å². The number of rotatable bonds is 5. The lowest BCUT2D eigenvalue weighted by Crippen LogP contribution is -2.51. The predicted octanol–water partition coefficient (Wildman–Crippen LogP) is 2.26. The lowest BCUT2D eigenvalue weighted by atomic mass is 10.1. The molecule has 1 aromatic heterocycles. The van der Waals surface area contributed by atoms with Crippen molar-refractivity contribution < 1.29 is 4.79 Å². The van der Waals surface area contributed by atoms with Gasteiger partial charge in [-0.3, -0.25) is 9.69 Å². The van der Waals surface area contributed by atoms with Gasteiger partial charge in [0, 0.05) is 45.5 Å². The van der Waals surface area contributed by atoms with Gasteiger partial charge in [-0.05, 0) is 18.5 Å². The first-order chi connectivity index (χ1) is 11.7. The summed E-state index contributed by atoms with van der Waals surface area (Å²) in [5.74, 6) is 1.28. The summed E-state index contributed by atoms with van der Waals surface area (Å²) in [6.07, 6.45) is 5.18. The second-order valence-corrected chi connectivity index (χ2v) is 6.37. The van der Waals surface area contributed by atoms with Gasteiger partial charge in [0.25, 0.3) is 0 Å². The van der Waals surface area contributed by atoms with Gasteiger partial charge in [-0.1, -0.05) is 37.3 Å². The highest BCUT2D eigenvalue weighted by atomic mass is 16.2. The van der Waals surface area contributed by atoms with Gasteiger partial charge in [0.15, 0.2) is 0 Å². The van der Waals surface area contributed by atoms with Gasteiger partial charge < -0.3 is 9.47 Å². The van der Waals surface area contributed by atoms with E-state index in [4.69, 9.17) is 0 Å². The molecule has 0 aliphatic carbocycles. The lowest BCUT2D eigenvalue weighted by molar-refractivity contribution is -0.134. The van der Waals surface area contributed by atoms with Crippen LogP contribution in [-0.2, 0) is 18.3 Å². The summed E-state index contributed by atoms with van der Waals surface area (Å²) in [6.45, 7) is 5.59. The quantitative estimate of drug-likeness (QED) is 0.846. The number of aromatic nitrogens is 2. The summed E-state index contributed by atoms with van der Waals surface area (Å²) in [7, 11) is 2.02. The van der Waals surface area contributed by atoms with Crippen LogP contribution in [0, 0.1) is 0 Å². The van der Waals surface area contributed by atoms with E-state index in [0.29, 0.717) is 6.42 Å². The number of aryl methyl sites for hydroxylation is 2. The van der Waals surface area contributed by atoms with Gasteiger partial charge >= 0.3 is 0 Å². The molecule has 1 amide bonds. The molecule has 0 radical (unpaired) electrons. The third-order valence-corrected chi connectivity index (χ3v) is 4.88. The largest absolute Gasteiger partial charge is 0.339 e. The molecule has 128 valence electrons. The Kier molecular flexibility index (Phi) is 5.30. The second-order valence-electron chi connectivity index (χ2n) is 6.37. The van der Waals surface area contributed by atoms with E-state index >= 15 is 0 Å². The number of benzene rings is 1. The summed E-state index contributed by atoms with van der Waals surface area (Å²) in [4.78, 5) is 21.6. The molecule has 5 heteroatoms. The van der Waals surface area contributed by atoms with Gasteiger partial charge in [0.1, 0.15) is 5.82 Å². The van der Waals surface area contributed by atoms with Crippen molar-refractivity contribution in [2.75, 3.05) is 26.2 Å². The fourth-order valence-corrected chi connectivity index (χ4v) is 3.42. The lowest BCUT2D eigenvalue weighted by Gasteiger charge is -2.40. The zero-order chi connectivity index (χ0) is 16.9. The summed E-state index contributed by atoms with van der Waals surface area (Å²) >= 11 is 0. The van der Waals surface area contributed by atoms with Crippen LogP contribution in [0.2, 0.25) is 0 Å². The molecule has 1 aliphatic rings. The van der Waals surface area contributed by atoms with Crippen molar-refractivity contribution in [2.45, 2.75) is 25.8 Å². The summed E-state index contributed by atoms with van der Waals surface area (Å²) in [5.41, 5.74) is 1.22. The number of carbonyl (C=O) groups excluding carboxylic acids is 1. The molecule has 0 unspecified atom stereocenters. The molecule has 24 heavy (non-hydrogen) atoms. The molecule has 0 bridgehead atoms. The van der Waals surface area contributed by atoms with Crippen molar-refractivity contribution in [1.82, 2.24) is 19.4 Å². The molecule has 1 aromatic carbocycles. The van der Waals surface area contributed by atoms with E-state index in [1.165, 1.54) is 5.56 Å². The number of carbonyl (C=O) groups is 1. The van der Waals surface area contributed by atoms with Crippen molar-refractivity contribution in [2.24, 2.45) is 7.05 Å². The SMILES string of the molecule is CCN1CCN(C(=O)CCc2ccccc2)C[C@@H]1c1nccn1C. The van der Waals surface area contributed by atoms with Crippen LogP contribution in [0.3, 0.4) is 0 Å². The number of hydrogen-bond donors (Lipinski definition) is 0. The van der Waals surface area contributed by atoms with Crippen LogP contribution in [0.5, 0.6) is 0 Å². The number of amides is 1. The summed E-state index contributed by atoms with van der Waals surface area (Å²) in [6, 6.07) is 10.4. The van der Waals surface area contributed by atoms with Gasteiger partial charge in [-0.15, -0.1) is 0 Å². The van der Waals surface area contributed by atoms with Gasteiger partial charge in [0.05, 0.1) is 6.04 Å². The minimum absolute atomic E-state index is 0.185. The first kappa shape index (κ1) is 16.7. The van der Waals surface area contributed by atoms with Crippen molar-refractivity contribution in [3.63, 3.8) is 0 Å². The fraction of sp³-hybridized carbons (Fsp3) is 0.474. The first-order valence-corrected chi connectivity index (χ1v) is 8.72. The fourth-order valence-electron chi connectivity index (χ4n) is 3.42. The normalized spacial score (nSPS) is 18.8. The molecular weight excluding hydrogens is 300 g/mol. The highest BCUT2D eigenvalue weighted by Gasteiger charge is 2.31. The van der Waals surface area contributed by atoms with Gasteiger partial charge in [-0.25, -0.2) is 4.98 Å². The second kappa shape index (κ2) is 7.62. The van der Waals surface area contributed by atoms with Gasteiger partial charge in [0.2, 0.25) is 5.91 Å². The van der Waals surface area contributed by atoms with E-state index in [0.717, 1.165) is 38.4 Å². The van der Waals surface area contributed by atoms with E-state index < -0.39 is 0 Å². The average molecular weight is 326 g/mol. The standard InChI is InChI=1S/C19H26N4O/c1-3-22-13-14-23(15-17(22)19-20-11-12-21(19)2)18(24)10-9-16-7-5-4-6-8-16/h4-8,11-12,17H,3,9-10,13-15H2,1-2H3/t17-/m1/s1. The average Bonchev–Trinajstić information content (AvgIpc) is 3.05. The number of hydrogen-bond acceptors (Lipinski definition) is 3. The maximum Gasteiger partial charge on any atom is 0.223 e. The van der Waals surface area contributed by atoms with Crippen LogP contribution >= 0.6 is 0 Å². The molecule has 1 atom stereocenters. The van der Waals surface area contributed by atoms with Gasteiger partial charge in [-0.2, -0.15) is 0 Å². The Morgan fingerprint density at radius 1 is 1.25 bits per heavy atom. The molecule has 5 nitrogen and oxygen atoms in total. The third-order valence-electron chi connectivity index (χ3n) is 4.88. The Morgan fingerprint density at radius 2 is 2.04 bits per heavy atom. The minimum Gasteiger partial charge on any atom is -0.339 e. The molecule has 0 spiro atoms. The van der Waals surface area contributed by atoms with E-state index in [2.05, 4.69) is 33.5 Å². The van der Waals surface area contributed by atoms with Crippen LogP contribution in [-0.4, -0.2) is 51.4 Å². The molecule has 1 fully saturated rings. The predicted molar refractivity (Wildman–Crippen MR) is 94.5 cm³/mol. The highest BCUT2D eigenvalue weighted by molar-refractivity contribution is 5.76. The van der Waals surface area contributed by atoms with Crippen molar-refractivity contribution >= 4 is 5.91 Å². The Morgan fingerprint density at radius 3 is 2.71 bits per heavy atom. The van der Waals surface area contributed by atoms with E-state index in [1.54, 1.807) is 0 Å². The third kappa shape index (κ3) is 3.67. The summed E-state index contributed by atoms with van der Waals surface area (Å²) < 4.78 is 2.06. The van der Waals surface area contributed by atoms with Crippen LogP contribution in [0.1, 0.15) is 30.8 Å². The van der Waals surface area contributed by atoms with Crippen LogP contribution in [0.25, 0.3) is 0 Å². The van der Waals surface area contributed by atoms with E-state index in [1.807, 2.05) is 42.5 Å². The van der Waals surface area contributed by atoms with Crippen LogP contribution in [0.15, 0.2) is 42.7 Å². The molecule has 2 aromatic rings. The smallest absolute Gasteiger partial charge is 0.223 e.